The lowest BCUT2D eigenvalue weighted by Crippen LogP contribution is -2.26. The fourth-order valence-electron chi connectivity index (χ4n) is 2.72. The molecule has 8 nitrogen and oxygen atoms in total. The quantitative estimate of drug-likeness (QED) is 0.522. The van der Waals surface area contributed by atoms with Crippen LogP contribution in [0, 0.1) is 0 Å². The van der Waals surface area contributed by atoms with Crippen molar-refractivity contribution in [3.05, 3.63) is 62.1 Å². The highest BCUT2D eigenvalue weighted by molar-refractivity contribution is 6.31. The summed E-state index contributed by atoms with van der Waals surface area (Å²) < 4.78 is 5.89. The third kappa shape index (κ3) is 2.39. The Kier molecular flexibility index (Phi) is 3.62. The van der Waals surface area contributed by atoms with Gasteiger partial charge in [-0.15, -0.1) is 5.10 Å². The molecule has 0 atom stereocenters. The van der Waals surface area contributed by atoms with Gasteiger partial charge in [0, 0.05) is 16.5 Å². The number of aromatic hydroxyl groups is 1. The van der Waals surface area contributed by atoms with E-state index in [1.54, 1.807) is 12.1 Å². The Morgan fingerprint density at radius 3 is 2.73 bits per heavy atom. The Balaban J connectivity index is 2.09. The second kappa shape index (κ2) is 5.85. The van der Waals surface area contributed by atoms with Crippen LogP contribution >= 0.6 is 11.6 Å². The molecule has 26 heavy (non-hydrogen) atoms. The first-order valence-corrected chi connectivity index (χ1v) is 7.85. The summed E-state index contributed by atoms with van der Waals surface area (Å²) in [4.78, 5) is 32.5. The highest BCUT2D eigenvalue weighted by Crippen LogP contribution is 2.21. The van der Waals surface area contributed by atoms with Crippen LogP contribution in [0.15, 0.2) is 46.1 Å². The molecule has 130 valence electrons. The number of nitrogens with one attached hydrogen (secondary N) is 1. The molecule has 3 heterocycles. The SMILES string of the molecule is COc1ccc(-n2nc(O)c3[nH]c4cc(Cl)ccc4c(=O)c3c2=O)cn1. The van der Waals surface area contributed by atoms with E-state index in [1.807, 2.05) is 0 Å². The van der Waals surface area contributed by atoms with E-state index in [-0.39, 0.29) is 22.0 Å². The maximum absolute atomic E-state index is 12.9. The molecule has 0 spiro atoms. The van der Waals surface area contributed by atoms with E-state index in [0.717, 1.165) is 4.68 Å². The van der Waals surface area contributed by atoms with Gasteiger partial charge >= 0.3 is 0 Å². The normalized spacial score (nSPS) is 11.2. The van der Waals surface area contributed by atoms with Crippen LogP contribution in [0.3, 0.4) is 0 Å². The Morgan fingerprint density at radius 1 is 1.23 bits per heavy atom. The summed E-state index contributed by atoms with van der Waals surface area (Å²) in [6, 6.07) is 7.69. The number of H-pyrrole nitrogens is 1. The molecule has 0 saturated heterocycles. The molecule has 0 saturated carbocycles. The van der Waals surface area contributed by atoms with Crippen molar-refractivity contribution in [1.82, 2.24) is 19.7 Å². The summed E-state index contributed by atoms with van der Waals surface area (Å²) in [5.74, 6) is -0.137. The predicted octanol–water partition coefficient (Wildman–Crippen LogP) is 1.99. The number of halogens is 1. The molecule has 3 aromatic heterocycles. The fraction of sp³-hybridized carbons (Fsp3) is 0.0588. The Hall–Kier alpha value is -3.39. The van der Waals surface area contributed by atoms with E-state index < -0.39 is 16.9 Å². The van der Waals surface area contributed by atoms with Crippen LogP contribution in [0.2, 0.25) is 5.02 Å². The molecule has 9 heteroatoms. The second-order valence-electron chi connectivity index (χ2n) is 5.49. The van der Waals surface area contributed by atoms with Crippen molar-refractivity contribution >= 4 is 33.4 Å². The number of benzene rings is 1. The minimum Gasteiger partial charge on any atom is -0.491 e. The van der Waals surface area contributed by atoms with Crippen molar-refractivity contribution in [3.63, 3.8) is 0 Å². The summed E-state index contributed by atoms with van der Waals surface area (Å²) in [6.45, 7) is 0. The standard InChI is InChI=1S/C17H11ClN4O4/c1-26-12-5-3-9(7-19-12)22-17(25)13-14(16(24)21-22)20-11-6-8(18)2-4-10(11)15(13)23/h2-7H,1H3,(H,20,23)(H,21,24). The number of hydrogen-bond acceptors (Lipinski definition) is 6. The third-order valence-electron chi connectivity index (χ3n) is 3.96. The van der Waals surface area contributed by atoms with Crippen LogP contribution in [0.5, 0.6) is 11.8 Å². The number of ether oxygens (including phenoxy) is 1. The summed E-state index contributed by atoms with van der Waals surface area (Å²) >= 11 is 5.94. The first kappa shape index (κ1) is 16.1. The van der Waals surface area contributed by atoms with Gasteiger partial charge in [-0.25, -0.2) is 4.98 Å². The number of hydrogen-bond donors (Lipinski definition) is 2. The van der Waals surface area contributed by atoms with Crippen molar-refractivity contribution < 1.29 is 9.84 Å². The van der Waals surface area contributed by atoms with Gasteiger partial charge in [-0.1, -0.05) is 11.6 Å². The van der Waals surface area contributed by atoms with Crippen LogP contribution in [0.4, 0.5) is 0 Å². The molecule has 1 aromatic carbocycles. The lowest BCUT2D eigenvalue weighted by atomic mass is 10.1. The van der Waals surface area contributed by atoms with Gasteiger partial charge < -0.3 is 14.8 Å². The van der Waals surface area contributed by atoms with Crippen LogP contribution < -0.4 is 15.7 Å². The van der Waals surface area contributed by atoms with Gasteiger partial charge in [-0.2, -0.15) is 4.68 Å². The average Bonchev–Trinajstić information content (AvgIpc) is 2.64. The molecule has 0 fully saturated rings. The largest absolute Gasteiger partial charge is 0.491 e. The van der Waals surface area contributed by atoms with E-state index in [4.69, 9.17) is 16.3 Å². The van der Waals surface area contributed by atoms with Crippen molar-refractivity contribution in [3.8, 4) is 17.4 Å². The number of pyridine rings is 2. The van der Waals surface area contributed by atoms with Crippen molar-refractivity contribution in [2.24, 2.45) is 0 Å². The monoisotopic (exact) mass is 370 g/mol. The summed E-state index contributed by atoms with van der Waals surface area (Å²) in [7, 11) is 1.46. The van der Waals surface area contributed by atoms with E-state index in [1.165, 1.54) is 31.5 Å². The van der Waals surface area contributed by atoms with Crippen LogP contribution in [0.1, 0.15) is 0 Å². The van der Waals surface area contributed by atoms with E-state index in [9.17, 15) is 14.7 Å². The molecule has 0 aliphatic heterocycles. The van der Waals surface area contributed by atoms with Crippen molar-refractivity contribution in [2.45, 2.75) is 0 Å². The molecule has 0 aliphatic carbocycles. The lowest BCUT2D eigenvalue weighted by Gasteiger charge is -2.09. The second-order valence-corrected chi connectivity index (χ2v) is 5.93. The molecule has 4 rings (SSSR count). The predicted molar refractivity (Wildman–Crippen MR) is 96.5 cm³/mol. The maximum atomic E-state index is 12.9. The molecule has 0 aliphatic rings. The van der Waals surface area contributed by atoms with E-state index in [2.05, 4.69) is 15.1 Å². The van der Waals surface area contributed by atoms with Gasteiger partial charge in [-0.05, 0) is 24.3 Å². The zero-order valence-electron chi connectivity index (χ0n) is 13.4. The number of aromatic nitrogens is 4. The molecule has 0 amide bonds. The topological polar surface area (TPSA) is 110 Å². The molecule has 2 N–H and O–H groups in total. The van der Waals surface area contributed by atoms with Gasteiger partial charge in [0.25, 0.3) is 11.4 Å². The number of aromatic amines is 1. The molecular weight excluding hydrogens is 360 g/mol. The zero-order chi connectivity index (χ0) is 18.4. The van der Waals surface area contributed by atoms with Gasteiger partial charge in [0.1, 0.15) is 10.9 Å². The number of rotatable bonds is 2. The van der Waals surface area contributed by atoms with Crippen LogP contribution in [0.25, 0.3) is 27.5 Å². The van der Waals surface area contributed by atoms with Gasteiger partial charge in [0.15, 0.2) is 0 Å². The highest BCUT2D eigenvalue weighted by Gasteiger charge is 2.17. The van der Waals surface area contributed by atoms with Gasteiger partial charge in [-0.3, -0.25) is 9.59 Å². The lowest BCUT2D eigenvalue weighted by molar-refractivity contribution is 0.397. The van der Waals surface area contributed by atoms with E-state index in [0.29, 0.717) is 16.4 Å². The van der Waals surface area contributed by atoms with Gasteiger partial charge in [0.2, 0.25) is 11.3 Å². The van der Waals surface area contributed by atoms with E-state index >= 15 is 0 Å². The molecule has 0 bridgehead atoms. The molecule has 0 radical (unpaired) electrons. The van der Waals surface area contributed by atoms with Crippen LogP contribution in [-0.4, -0.2) is 32.0 Å². The maximum Gasteiger partial charge on any atom is 0.285 e. The summed E-state index contributed by atoms with van der Waals surface area (Å²) in [5.41, 5.74) is -0.572. The number of methoxy groups -OCH3 is 1. The van der Waals surface area contributed by atoms with Crippen LogP contribution in [-0.2, 0) is 0 Å². The van der Waals surface area contributed by atoms with Crippen molar-refractivity contribution in [2.75, 3.05) is 7.11 Å². The summed E-state index contributed by atoms with van der Waals surface area (Å²) in [6.07, 6.45) is 1.35. The molecule has 0 unspecified atom stereocenters. The first-order chi connectivity index (χ1) is 12.5. The first-order valence-electron chi connectivity index (χ1n) is 7.47. The van der Waals surface area contributed by atoms with Gasteiger partial charge in [0.05, 0.1) is 24.5 Å². The smallest absolute Gasteiger partial charge is 0.285 e. The Morgan fingerprint density at radius 2 is 2.04 bits per heavy atom. The Bertz CT molecular complexity index is 1280. The minimum absolute atomic E-state index is 0.0486. The minimum atomic E-state index is -0.678. The fourth-order valence-corrected chi connectivity index (χ4v) is 2.90. The number of nitrogens with zero attached hydrogens (tertiary/aromatic N) is 3. The average molecular weight is 371 g/mol. The molecule has 4 aromatic rings. The molecular formula is C17H11ClN4O4. The Labute approximate surface area is 150 Å². The van der Waals surface area contributed by atoms with Crippen molar-refractivity contribution in [1.29, 1.82) is 0 Å². The summed E-state index contributed by atoms with van der Waals surface area (Å²) in [5, 5.41) is 14.6. The number of fused-ring (bicyclic) bond motifs is 2. The third-order valence-corrected chi connectivity index (χ3v) is 4.20. The highest BCUT2D eigenvalue weighted by atomic mass is 35.5. The zero-order valence-corrected chi connectivity index (χ0v) is 14.1.